The van der Waals surface area contributed by atoms with Crippen molar-refractivity contribution in [3.05, 3.63) is 71.6 Å². The lowest BCUT2D eigenvalue weighted by molar-refractivity contribution is -0.127. The van der Waals surface area contributed by atoms with E-state index in [4.69, 9.17) is 4.74 Å². The minimum absolute atomic E-state index is 0.0331. The molecule has 5 nitrogen and oxygen atoms in total. The molecule has 1 heterocycles. The number of ether oxygens (including phenoxy) is 1. The lowest BCUT2D eigenvalue weighted by Crippen LogP contribution is -2.43. The molecule has 2 aliphatic carbocycles. The van der Waals surface area contributed by atoms with Crippen molar-refractivity contribution in [2.75, 3.05) is 7.11 Å². The zero-order chi connectivity index (χ0) is 26.5. The van der Waals surface area contributed by atoms with Gasteiger partial charge in [0.05, 0.1) is 12.7 Å². The van der Waals surface area contributed by atoms with Gasteiger partial charge in [-0.2, -0.15) is 0 Å². The molecule has 1 amide bonds. The van der Waals surface area contributed by atoms with Crippen LogP contribution in [0.2, 0.25) is 0 Å². The molecule has 0 spiro atoms. The SMILES string of the molecule is COc1cccc(Cc2ccc(F)c(F)c2-c2nccn2C(C(=O)NC2CCCCC2)C2CCCCC2)c1. The maximum Gasteiger partial charge on any atom is 0.243 e. The Labute approximate surface area is 223 Å². The van der Waals surface area contributed by atoms with Crippen LogP contribution in [-0.2, 0) is 11.2 Å². The van der Waals surface area contributed by atoms with Crippen molar-refractivity contribution in [3.8, 4) is 17.1 Å². The molecule has 2 aromatic carbocycles. The Balaban J connectivity index is 1.54. The monoisotopic (exact) mass is 521 g/mol. The summed E-state index contributed by atoms with van der Waals surface area (Å²) in [5.74, 6) is -0.773. The Hall–Kier alpha value is -3.22. The number of nitrogens with zero attached hydrogens (tertiary/aromatic N) is 2. The molecule has 3 aromatic rings. The lowest BCUT2D eigenvalue weighted by atomic mass is 9.82. The van der Waals surface area contributed by atoms with E-state index in [1.165, 1.54) is 6.42 Å². The molecule has 2 aliphatic rings. The maximum absolute atomic E-state index is 15.6. The van der Waals surface area contributed by atoms with Crippen molar-refractivity contribution in [2.24, 2.45) is 5.92 Å². The smallest absolute Gasteiger partial charge is 0.243 e. The van der Waals surface area contributed by atoms with E-state index in [2.05, 4.69) is 10.3 Å². The minimum atomic E-state index is -0.937. The fourth-order valence-electron chi connectivity index (χ4n) is 6.26. The van der Waals surface area contributed by atoms with Crippen LogP contribution in [0.25, 0.3) is 11.4 Å². The highest BCUT2D eigenvalue weighted by Gasteiger charge is 2.35. The van der Waals surface area contributed by atoms with Crippen LogP contribution in [0.15, 0.2) is 48.8 Å². The van der Waals surface area contributed by atoms with Crippen molar-refractivity contribution in [1.29, 1.82) is 0 Å². The van der Waals surface area contributed by atoms with E-state index in [-0.39, 0.29) is 23.4 Å². The van der Waals surface area contributed by atoms with Crippen LogP contribution < -0.4 is 10.1 Å². The maximum atomic E-state index is 15.6. The van der Waals surface area contributed by atoms with Gasteiger partial charge >= 0.3 is 0 Å². The Morgan fingerprint density at radius 2 is 1.79 bits per heavy atom. The van der Waals surface area contributed by atoms with Gasteiger partial charge in [0.2, 0.25) is 5.91 Å². The number of hydrogen-bond donors (Lipinski definition) is 1. The molecule has 0 aliphatic heterocycles. The Kier molecular flexibility index (Phi) is 8.40. The van der Waals surface area contributed by atoms with Gasteiger partial charge in [-0.1, -0.05) is 56.7 Å². The molecule has 2 fully saturated rings. The predicted octanol–water partition coefficient (Wildman–Crippen LogP) is 7.00. The van der Waals surface area contributed by atoms with Crippen molar-refractivity contribution >= 4 is 5.91 Å². The summed E-state index contributed by atoms with van der Waals surface area (Å²) in [6.45, 7) is 0. The van der Waals surface area contributed by atoms with Gasteiger partial charge < -0.3 is 14.6 Å². The molecular formula is C31H37F2N3O2. The summed E-state index contributed by atoms with van der Waals surface area (Å²) < 4.78 is 37.4. The molecule has 202 valence electrons. The van der Waals surface area contributed by atoms with E-state index >= 15 is 4.39 Å². The van der Waals surface area contributed by atoms with Crippen LogP contribution in [0, 0.1) is 17.6 Å². The van der Waals surface area contributed by atoms with E-state index in [0.717, 1.165) is 69.4 Å². The highest BCUT2D eigenvalue weighted by Crippen LogP contribution is 2.38. The minimum Gasteiger partial charge on any atom is -0.497 e. The number of carbonyl (C=O) groups is 1. The molecule has 0 saturated heterocycles. The summed E-state index contributed by atoms with van der Waals surface area (Å²) in [6.07, 6.45) is 14.3. The third-order valence-corrected chi connectivity index (χ3v) is 8.22. The summed E-state index contributed by atoms with van der Waals surface area (Å²) in [7, 11) is 1.60. The third-order valence-electron chi connectivity index (χ3n) is 8.22. The van der Waals surface area contributed by atoms with Crippen molar-refractivity contribution in [1.82, 2.24) is 14.9 Å². The fraction of sp³-hybridized carbons (Fsp3) is 0.484. The van der Waals surface area contributed by atoms with Crippen LogP contribution in [0.4, 0.5) is 8.78 Å². The lowest BCUT2D eigenvalue weighted by Gasteiger charge is -2.33. The Bertz CT molecular complexity index is 1250. The van der Waals surface area contributed by atoms with E-state index in [1.54, 1.807) is 30.1 Å². The zero-order valence-corrected chi connectivity index (χ0v) is 22.1. The topological polar surface area (TPSA) is 56.2 Å². The Morgan fingerprint density at radius 3 is 2.53 bits per heavy atom. The number of aromatic nitrogens is 2. The number of benzene rings is 2. The molecule has 1 unspecified atom stereocenters. The molecule has 1 aromatic heterocycles. The largest absolute Gasteiger partial charge is 0.497 e. The molecule has 5 rings (SSSR count). The fourth-order valence-corrected chi connectivity index (χ4v) is 6.26. The summed E-state index contributed by atoms with van der Waals surface area (Å²) >= 11 is 0. The van der Waals surface area contributed by atoms with Crippen LogP contribution in [-0.4, -0.2) is 28.6 Å². The first-order valence-electron chi connectivity index (χ1n) is 14.0. The van der Waals surface area contributed by atoms with Gasteiger partial charge in [-0.15, -0.1) is 0 Å². The molecule has 38 heavy (non-hydrogen) atoms. The van der Waals surface area contributed by atoms with Crippen molar-refractivity contribution in [2.45, 2.75) is 82.7 Å². The van der Waals surface area contributed by atoms with Gasteiger partial charge in [0.1, 0.15) is 17.6 Å². The summed E-state index contributed by atoms with van der Waals surface area (Å²) in [6, 6.07) is 9.99. The van der Waals surface area contributed by atoms with Crippen molar-refractivity contribution < 1.29 is 18.3 Å². The standard InChI is InChI=1S/C31H37F2N3O2/c1-38-25-14-8-9-21(20-25)19-23-15-16-26(32)28(33)27(23)30-34-17-18-36(30)29(22-10-4-2-5-11-22)31(37)35-24-12-6-3-7-13-24/h8-9,14-18,20,22,24,29H,2-7,10-13,19H2,1H3,(H,35,37). The number of imidazole rings is 1. The number of carbonyl (C=O) groups excluding carboxylic acids is 1. The van der Waals surface area contributed by atoms with Crippen LogP contribution in [0.1, 0.15) is 81.4 Å². The second kappa shape index (κ2) is 12.1. The van der Waals surface area contributed by atoms with E-state index in [1.807, 2.05) is 24.3 Å². The van der Waals surface area contributed by atoms with E-state index in [0.29, 0.717) is 23.6 Å². The first kappa shape index (κ1) is 26.4. The first-order chi connectivity index (χ1) is 18.5. The van der Waals surface area contributed by atoms with Gasteiger partial charge in [-0.3, -0.25) is 4.79 Å². The normalized spacial score (nSPS) is 17.8. The van der Waals surface area contributed by atoms with Gasteiger partial charge in [0.25, 0.3) is 0 Å². The molecule has 0 bridgehead atoms. The number of methoxy groups -OCH3 is 1. The molecule has 7 heteroatoms. The van der Waals surface area contributed by atoms with Crippen LogP contribution in [0.3, 0.4) is 0 Å². The third kappa shape index (κ3) is 5.77. The molecule has 2 saturated carbocycles. The second-order valence-corrected chi connectivity index (χ2v) is 10.8. The average molecular weight is 522 g/mol. The number of nitrogens with one attached hydrogen (secondary N) is 1. The quantitative estimate of drug-likeness (QED) is 0.347. The number of amides is 1. The molecule has 0 radical (unpaired) electrons. The Morgan fingerprint density at radius 1 is 1.05 bits per heavy atom. The molecule has 1 N–H and O–H groups in total. The van der Waals surface area contributed by atoms with Crippen LogP contribution >= 0.6 is 0 Å². The first-order valence-corrected chi connectivity index (χ1v) is 14.0. The molecular weight excluding hydrogens is 484 g/mol. The van der Waals surface area contributed by atoms with Crippen LogP contribution in [0.5, 0.6) is 5.75 Å². The highest BCUT2D eigenvalue weighted by atomic mass is 19.2. The predicted molar refractivity (Wildman–Crippen MR) is 144 cm³/mol. The van der Waals surface area contributed by atoms with Crippen molar-refractivity contribution in [3.63, 3.8) is 0 Å². The highest BCUT2D eigenvalue weighted by molar-refractivity contribution is 5.82. The number of hydrogen-bond acceptors (Lipinski definition) is 3. The van der Waals surface area contributed by atoms with E-state index < -0.39 is 17.7 Å². The zero-order valence-electron chi connectivity index (χ0n) is 22.1. The van der Waals surface area contributed by atoms with E-state index in [9.17, 15) is 9.18 Å². The summed E-state index contributed by atoms with van der Waals surface area (Å²) in [4.78, 5) is 18.4. The number of rotatable bonds is 8. The average Bonchev–Trinajstić information content (AvgIpc) is 3.41. The number of halogens is 2. The van der Waals surface area contributed by atoms with Gasteiger partial charge in [-0.05, 0) is 67.3 Å². The van der Waals surface area contributed by atoms with Gasteiger partial charge in [0, 0.05) is 18.4 Å². The van der Waals surface area contributed by atoms with Gasteiger partial charge in [0.15, 0.2) is 11.6 Å². The summed E-state index contributed by atoms with van der Waals surface area (Å²) in [5, 5.41) is 3.31. The van der Waals surface area contributed by atoms with Gasteiger partial charge in [-0.25, -0.2) is 13.8 Å². The molecule has 1 atom stereocenters. The summed E-state index contributed by atoms with van der Waals surface area (Å²) in [5.41, 5.74) is 1.64. The second-order valence-electron chi connectivity index (χ2n) is 10.8.